The van der Waals surface area contributed by atoms with Crippen molar-refractivity contribution in [1.82, 2.24) is 10.2 Å². The predicted octanol–water partition coefficient (Wildman–Crippen LogP) is 4.85. The first-order valence-electron chi connectivity index (χ1n) is 10.3. The molecule has 2 unspecified atom stereocenters. The van der Waals surface area contributed by atoms with E-state index in [0.29, 0.717) is 19.0 Å². The monoisotopic (exact) mass is 546 g/mol. The van der Waals surface area contributed by atoms with Crippen LogP contribution in [0.2, 0.25) is 0 Å². The average Bonchev–Trinajstić information content (AvgIpc) is 2.72. The molecule has 0 aromatic heterocycles. The summed E-state index contributed by atoms with van der Waals surface area (Å²) in [6.45, 7) is 2.16. The molecule has 3 rings (SSSR count). The molecule has 0 amide bonds. The number of hydrogen-bond donors (Lipinski definition) is 2. The quantitative estimate of drug-likeness (QED) is 0.310. The van der Waals surface area contributed by atoms with Crippen molar-refractivity contribution < 1.29 is 13.2 Å². The predicted molar refractivity (Wildman–Crippen MR) is 130 cm³/mol. The number of alkyl halides is 3. The summed E-state index contributed by atoms with van der Waals surface area (Å²) >= 11 is 0. The summed E-state index contributed by atoms with van der Waals surface area (Å²) in [7, 11) is 2.01. The third-order valence-electron chi connectivity index (χ3n) is 5.65. The molecule has 1 fully saturated rings. The van der Waals surface area contributed by atoms with Gasteiger partial charge < -0.3 is 11.1 Å². The van der Waals surface area contributed by atoms with Gasteiger partial charge in [0, 0.05) is 19.1 Å². The Hall–Kier alpha value is -1.81. The maximum Gasteiger partial charge on any atom is 0.416 e. The van der Waals surface area contributed by atoms with E-state index in [2.05, 4.69) is 27.3 Å². The minimum atomic E-state index is -4.32. The molecule has 8 heteroatoms. The number of hydrogen-bond acceptors (Lipinski definition) is 2. The highest BCUT2D eigenvalue weighted by Gasteiger charge is 2.33. The van der Waals surface area contributed by atoms with E-state index in [1.807, 2.05) is 25.2 Å². The largest absolute Gasteiger partial charge is 0.416 e. The minimum Gasteiger partial charge on any atom is -0.370 e. The Bertz CT molecular complexity index is 825. The zero-order chi connectivity index (χ0) is 21.6. The lowest BCUT2D eigenvalue weighted by Crippen LogP contribution is -2.39. The molecule has 2 atom stereocenters. The van der Waals surface area contributed by atoms with E-state index in [9.17, 15) is 13.2 Å². The van der Waals surface area contributed by atoms with Crippen LogP contribution in [0.25, 0.3) is 0 Å². The summed E-state index contributed by atoms with van der Waals surface area (Å²) in [5.41, 5.74) is 7.54. The number of piperidine rings is 1. The van der Waals surface area contributed by atoms with Gasteiger partial charge in [-0.15, -0.1) is 24.0 Å². The number of likely N-dealkylation sites (tertiary alicyclic amines) is 1. The van der Waals surface area contributed by atoms with Crippen LogP contribution in [-0.4, -0.2) is 37.5 Å². The molecule has 4 nitrogen and oxygen atoms in total. The van der Waals surface area contributed by atoms with Crippen LogP contribution in [0.3, 0.4) is 0 Å². The van der Waals surface area contributed by atoms with Crippen molar-refractivity contribution in [2.45, 2.75) is 31.5 Å². The van der Waals surface area contributed by atoms with Crippen molar-refractivity contribution in [3.8, 4) is 0 Å². The normalized spacial score (nSPS) is 20.2. The molecule has 2 aromatic rings. The Morgan fingerprint density at radius 1 is 1.13 bits per heavy atom. The summed E-state index contributed by atoms with van der Waals surface area (Å²) in [6.07, 6.45) is -1.45. The number of nitrogens with one attached hydrogen (secondary N) is 1. The van der Waals surface area contributed by atoms with Crippen molar-refractivity contribution >= 4 is 29.9 Å². The van der Waals surface area contributed by atoms with Gasteiger partial charge in [-0.3, -0.25) is 9.89 Å². The molecule has 170 valence electrons. The second-order valence-corrected chi connectivity index (χ2v) is 7.84. The first kappa shape index (κ1) is 25.5. The van der Waals surface area contributed by atoms with Gasteiger partial charge in [-0.2, -0.15) is 13.2 Å². The highest BCUT2D eigenvalue weighted by atomic mass is 127. The van der Waals surface area contributed by atoms with Gasteiger partial charge in [-0.05, 0) is 62.0 Å². The van der Waals surface area contributed by atoms with Gasteiger partial charge in [0.15, 0.2) is 5.96 Å². The summed E-state index contributed by atoms with van der Waals surface area (Å²) in [4.78, 5) is 6.72. The van der Waals surface area contributed by atoms with Crippen LogP contribution in [0.4, 0.5) is 13.2 Å². The third kappa shape index (κ3) is 7.38. The Labute approximate surface area is 199 Å². The van der Waals surface area contributed by atoms with Crippen LogP contribution in [0.1, 0.15) is 35.6 Å². The van der Waals surface area contributed by atoms with Crippen LogP contribution in [0.15, 0.2) is 59.6 Å². The zero-order valence-electron chi connectivity index (χ0n) is 17.6. The van der Waals surface area contributed by atoms with E-state index in [1.165, 1.54) is 5.56 Å². The Balaban J connectivity index is 0.00000341. The number of guanidine groups is 1. The second-order valence-electron chi connectivity index (χ2n) is 7.84. The fourth-order valence-electron chi connectivity index (χ4n) is 4.10. The number of nitrogens with zero attached hydrogens (tertiary/aromatic N) is 2. The molecule has 1 aliphatic rings. The molecule has 1 heterocycles. The molecule has 31 heavy (non-hydrogen) atoms. The lowest BCUT2D eigenvalue weighted by Gasteiger charge is -2.39. The molecule has 3 N–H and O–H groups in total. The fraction of sp³-hybridized carbons (Fsp3) is 0.435. The highest BCUT2D eigenvalue weighted by molar-refractivity contribution is 14.0. The minimum absolute atomic E-state index is 0. The maximum atomic E-state index is 12.9. The van der Waals surface area contributed by atoms with E-state index < -0.39 is 11.7 Å². The van der Waals surface area contributed by atoms with Gasteiger partial charge in [-0.1, -0.05) is 42.5 Å². The molecule has 0 saturated carbocycles. The molecule has 0 radical (unpaired) electrons. The van der Waals surface area contributed by atoms with E-state index in [-0.39, 0.29) is 35.9 Å². The van der Waals surface area contributed by atoms with Gasteiger partial charge in [0.2, 0.25) is 0 Å². The standard InChI is InChI=1S/C23H29F3N4.HI/c1-30-15-5-8-19(21(30)18-9-11-20(12-10-18)23(24,25)26)16-29-22(27)28-14-13-17-6-3-2-4-7-17;/h2-4,6-7,9-12,19,21H,5,8,13-16H2,1H3,(H3,27,28,29);1H. The second kappa shape index (κ2) is 11.7. The fourth-order valence-corrected chi connectivity index (χ4v) is 4.10. The highest BCUT2D eigenvalue weighted by Crippen LogP contribution is 2.37. The molecule has 1 saturated heterocycles. The van der Waals surface area contributed by atoms with E-state index in [4.69, 9.17) is 5.73 Å². The summed E-state index contributed by atoms with van der Waals surface area (Å²) in [6, 6.07) is 15.7. The molecule has 1 aliphatic heterocycles. The molecule has 0 spiro atoms. The van der Waals surface area contributed by atoms with Gasteiger partial charge >= 0.3 is 6.18 Å². The molecule has 0 bridgehead atoms. The lowest BCUT2D eigenvalue weighted by atomic mass is 9.84. The molecule has 2 aromatic carbocycles. The number of nitrogens with two attached hydrogens (primary N) is 1. The summed E-state index contributed by atoms with van der Waals surface area (Å²) in [5, 5.41) is 3.15. The number of halogens is 4. The number of rotatable bonds is 6. The van der Waals surface area contributed by atoms with Crippen molar-refractivity contribution in [2.75, 3.05) is 26.7 Å². The van der Waals surface area contributed by atoms with Gasteiger partial charge in [0.05, 0.1) is 5.56 Å². The van der Waals surface area contributed by atoms with Crippen LogP contribution < -0.4 is 11.1 Å². The van der Waals surface area contributed by atoms with Crippen LogP contribution in [-0.2, 0) is 12.6 Å². The average molecular weight is 546 g/mol. The van der Waals surface area contributed by atoms with Crippen LogP contribution in [0, 0.1) is 5.92 Å². The third-order valence-corrected chi connectivity index (χ3v) is 5.65. The molecular formula is C23H30F3IN4. The van der Waals surface area contributed by atoms with Crippen molar-refractivity contribution in [3.63, 3.8) is 0 Å². The lowest BCUT2D eigenvalue weighted by molar-refractivity contribution is -0.137. The smallest absolute Gasteiger partial charge is 0.370 e. The zero-order valence-corrected chi connectivity index (χ0v) is 19.9. The summed E-state index contributed by atoms with van der Waals surface area (Å²) < 4.78 is 38.7. The first-order valence-corrected chi connectivity index (χ1v) is 10.3. The summed E-state index contributed by atoms with van der Waals surface area (Å²) in [5.74, 6) is 0.611. The van der Waals surface area contributed by atoms with Crippen molar-refractivity contribution in [1.29, 1.82) is 0 Å². The van der Waals surface area contributed by atoms with E-state index >= 15 is 0 Å². The SMILES string of the molecule is CN1CCCC(CN=C(N)NCCc2ccccc2)C1c1ccc(C(F)(F)F)cc1.I. The maximum absolute atomic E-state index is 12.9. The van der Waals surface area contributed by atoms with E-state index in [0.717, 1.165) is 43.5 Å². The first-order chi connectivity index (χ1) is 14.3. The van der Waals surface area contributed by atoms with Crippen molar-refractivity contribution in [2.24, 2.45) is 16.6 Å². The van der Waals surface area contributed by atoms with Crippen molar-refractivity contribution in [3.05, 3.63) is 71.3 Å². The van der Waals surface area contributed by atoms with Gasteiger partial charge in [0.25, 0.3) is 0 Å². The Morgan fingerprint density at radius 3 is 2.45 bits per heavy atom. The van der Waals surface area contributed by atoms with E-state index in [1.54, 1.807) is 12.1 Å². The van der Waals surface area contributed by atoms with Gasteiger partial charge in [0.1, 0.15) is 0 Å². The Kier molecular flexibility index (Phi) is 9.61. The number of aliphatic imine (C=N–C) groups is 1. The van der Waals surface area contributed by atoms with Gasteiger partial charge in [-0.25, -0.2) is 0 Å². The molecular weight excluding hydrogens is 516 g/mol. The topological polar surface area (TPSA) is 53.6 Å². The van der Waals surface area contributed by atoms with Crippen LogP contribution >= 0.6 is 24.0 Å². The van der Waals surface area contributed by atoms with Crippen LogP contribution in [0.5, 0.6) is 0 Å². The number of benzene rings is 2. The Morgan fingerprint density at radius 2 is 1.81 bits per heavy atom. The molecule has 0 aliphatic carbocycles.